The van der Waals surface area contributed by atoms with Gasteiger partial charge in [0.25, 0.3) is 0 Å². The lowest BCUT2D eigenvalue weighted by atomic mass is 9.77. The fourth-order valence-corrected chi connectivity index (χ4v) is 2.88. The van der Waals surface area contributed by atoms with Gasteiger partial charge < -0.3 is 4.74 Å². The number of rotatable bonds is 2. The van der Waals surface area contributed by atoms with Crippen molar-refractivity contribution >= 4 is 0 Å². The Balaban J connectivity index is 1.80. The Labute approximate surface area is 106 Å². The maximum atomic E-state index is 5.40. The summed E-state index contributed by atoms with van der Waals surface area (Å²) in [6, 6.07) is 0. The van der Waals surface area contributed by atoms with E-state index in [1.807, 2.05) is 0 Å². The molecule has 0 amide bonds. The second-order valence-corrected chi connectivity index (χ2v) is 6.53. The number of hydrogen-bond donors (Lipinski definition) is 0. The Bertz CT molecular complexity index is 271. The summed E-state index contributed by atoms with van der Waals surface area (Å²) < 4.78 is 5.40. The van der Waals surface area contributed by atoms with Crippen LogP contribution in [0.4, 0.5) is 0 Å². The molecule has 0 radical (unpaired) electrons. The summed E-state index contributed by atoms with van der Waals surface area (Å²) in [5, 5.41) is 0. The van der Waals surface area contributed by atoms with Gasteiger partial charge in [0, 0.05) is 19.6 Å². The second-order valence-electron chi connectivity index (χ2n) is 6.53. The standard InChI is InChI=1S/C15H27NO/c1-15(2,3)14-6-4-13(5-7-14)12-16-8-10-17-11-9-16/h6,13H,4-5,7-12H2,1-3H3. The van der Waals surface area contributed by atoms with Crippen molar-refractivity contribution in [1.82, 2.24) is 4.90 Å². The molecule has 1 saturated heterocycles. The van der Waals surface area contributed by atoms with Gasteiger partial charge in [-0.25, -0.2) is 0 Å². The molecule has 2 aliphatic rings. The summed E-state index contributed by atoms with van der Waals surface area (Å²) in [5.74, 6) is 0.874. The molecule has 98 valence electrons. The first kappa shape index (κ1) is 13.1. The van der Waals surface area contributed by atoms with Gasteiger partial charge in [0.1, 0.15) is 0 Å². The number of nitrogens with zero attached hydrogens (tertiary/aromatic N) is 1. The molecule has 1 aliphatic carbocycles. The van der Waals surface area contributed by atoms with E-state index in [9.17, 15) is 0 Å². The molecule has 17 heavy (non-hydrogen) atoms. The molecule has 0 aromatic rings. The molecule has 1 aliphatic heterocycles. The quantitative estimate of drug-likeness (QED) is 0.684. The number of morpholine rings is 1. The monoisotopic (exact) mass is 237 g/mol. The van der Waals surface area contributed by atoms with Crippen LogP contribution in [0.1, 0.15) is 40.0 Å². The first-order valence-corrected chi connectivity index (χ1v) is 7.05. The van der Waals surface area contributed by atoms with Gasteiger partial charge in [0.05, 0.1) is 13.2 Å². The van der Waals surface area contributed by atoms with Gasteiger partial charge in [-0.05, 0) is 30.6 Å². The zero-order valence-corrected chi connectivity index (χ0v) is 11.7. The van der Waals surface area contributed by atoms with Crippen LogP contribution in [0.15, 0.2) is 11.6 Å². The van der Waals surface area contributed by atoms with E-state index in [4.69, 9.17) is 4.74 Å². The molecule has 0 bridgehead atoms. The van der Waals surface area contributed by atoms with Crippen LogP contribution < -0.4 is 0 Å². The van der Waals surface area contributed by atoms with E-state index in [0.717, 1.165) is 32.2 Å². The molecule has 0 spiro atoms. The number of hydrogen-bond acceptors (Lipinski definition) is 2. The Hall–Kier alpha value is -0.340. The van der Waals surface area contributed by atoms with E-state index in [2.05, 4.69) is 31.7 Å². The van der Waals surface area contributed by atoms with Crippen LogP contribution in [0.25, 0.3) is 0 Å². The van der Waals surface area contributed by atoms with Crippen LogP contribution in [-0.2, 0) is 4.74 Å². The van der Waals surface area contributed by atoms with Crippen LogP contribution in [0.2, 0.25) is 0 Å². The summed E-state index contributed by atoms with van der Waals surface area (Å²) in [6.07, 6.45) is 6.47. The van der Waals surface area contributed by atoms with Crippen molar-refractivity contribution in [2.45, 2.75) is 40.0 Å². The highest BCUT2D eigenvalue weighted by Gasteiger charge is 2.24. The van der Waals surface area contributed by atoms with Crippen molar-refractivity contribution in [3.63, 3.8) is 0 Å². The highest BCUT2D eigenvalue weighted by molar-refractivity contribution is 5.13. The minimum atomic E-state index is 0.379. The molecule has 2 rings (SSSR count). The van der Waals surface area contributed by atoms with E-state index < -0.39 is 0 Å². The molecule has 0 saturated carbocycles. The van der Waals surface area contributed by atoms with Crippen LogP contribution in [-0.4, -0.2) is 37.7 Å². The minimum absolute atomic E-state index is 0.379. The maximum Gasteiger partial charge on any atom is 0.0594 e. The molecule has 1 heterocycles. The third-order valence-electron chi connectivity index (χ3n) is 4.10. The Morgan fingerprint density at radius 2 is 2.00 bits per heavy atom. The van der Waals surface area contributed by atoms with E-state index in [1.54, 1.807) is 5.57 Å². The normalized spacial score (nSPS) is 27.9. The number of allylic oxidation sites excluding steroid dienone is 2. The summed E-state index contributed by atoms with van der Waals surface area (Å²) in [6.45, 7) is 12.4. The zero-order valence-electron chi connectivity index (χ0n) is 11.7. The van der Waals surface area contributed by atoms with E-state index in [1.165, 1.54) is 25.8 Å². The lowest BCUT2D eigenvalue weighted by molar-refractivity contribution is 0.0298. The Morgan fingerprint density at radius 1 is 1.29 bits per heavy atom. The Kier molecular flexibility index (Phi) is 4.26. The largest absolute Gasteiger partial charge is 0.379 e. The van der Waals surface area contributed by atoms with Gasteiger partial charge in [-0.2, -0.15) is 0 Å². The van der Waals surface area contributed by atoms with Gasteiger partial charge >= 0.3 is 0 Å². The van der Waals surface area contributed by atoms with Gasteiger partial charge in [-0.1, -0.05) is 32.4 Å². The fourth-order valence-electron chi connectivity index (χ4n) is 2.88. The van der Waals surface area contributed by atoms with E-state index >= 15 is 0 Å². The molecular weight excluding hydrogens is 210 g/mol. The van der Waals surface area contributed by atoms with Crippen molar-refractivity contribution in [3.05, 3.63) is 11.6 Å². The predicted molar refractivity (Wildman–Crippen MR) is 72.1 cm³/mol. The number of ether oxygens (including phenoxy) is 1. The van der Waals surface area contributed by atoms with Crippen molar-refractivity contribution < 1.29 is 4.74 Å². The molecule has 0 aromatic heterocycles. The van der Waals surface area contributed by atoms with Crippen LogP contribution in [0.5, 0.6) is 0 Å². The molecule has 0 aromatic carbocycles. The lowest BCUT2D eigenvalue weighted by Crippen LogP contribution is -2.39. The van der Waals surface area contributed by atoms with Crippen LogP contribution in [0, 0.1) is 11.3 Å². The van der Waals surface area contributed by atoms with Crippen molar-refractivity contribution in [3.8, 4) is 0 Å². The second kappa shape index (κ2) is 5.53. The highest BCUT2D eigenvalue weighted by Crippen LogP contribution is 2.35. The van der Waals surface area contributed by atoms with Crippen molar-refractivity contribution in [2.75, 3.05) is 32.8 Å². The summed E-state index contributed by atoms with van der Waals surface area (Å²) >= 11 is 0. The third kappa shape index (κ3) is 3.82. The summed E-state index contributed by atoms with van der Waals surface area (Å²) in [4.78, 5) is 2.57. The SMILES string of the molecule is CC(C)(C)C1=CCC(CN2CCOCC2)CC1. The highest BCUT2D eigenvalue weighted by atomic mass is 16.5. The lowest BCUT2D eigenvalue weighted by Gasteiger charge is -2.34. The Morgan fingerprint density at radius 3 is 2.53 bits per heavy atom. The summed E-state index contributed by atoms with van der Waals surface area (Å²) in [7, 11) is 0. The molecule has 2 nitrogen and oxygen atoms in total. The fraction of sp³-hybridized carbons (Fsp3) is 0.867. The van der Waals surface area contributed by atoms with Crippen molar-refractivity contribution in [1.29, 1.82) is 0 Å². The third-order valence-corrected chi connectivity index (χ3v) is 4.10. The average Bonchev–Trinajstić information content (AvgIpc) is 2.30. The van der Waals surface area contributed by atoms with E-state index in [-0.39, 0.29) is 0 Å². The summed E-state index contributed by atoms with van der Waals surface area (Å²) in [5.41, 5.74) is 2.04. The van der Waals surface area contributed by atoms with Crippen LogP contribution in [0.3, 0.4) is 0 Å². The molecule has 2 heteroatoms. The van der Waals surface area contributed by atoms with E-state index in [0.29, 0.717) is 5.41 Å². The minimum Gasteiger partial charge on any atom is -0.379 e. The zero-order chi connectivity index (χ0) is 12.3. The topological polar surface area (TPSA) is 12.5 Å². The molecular formula is C15H27NO. The van der Waals surface area contributed by atoms with Gasteiger partial charge in [-0.3, -0.25) is 4.90 Å². The van der Waals surface area contributed by atoms with Gasteiger partial charge in [0.2, 0.25) is 0 Å². The maximum absolute atomic E-state index is 5.40. The van der Waals surface area contributed by atoms with Gasteiger partial charge in [-0.15, -0.1) is 0 Å². The average molecular weight is 237 g/mol. The van der Waals surface area contributed by atoms with Gasteiger partial charge in [0.15, 0.2) is 0 Å². The predicted octanol–water partition coefficient (Wildman–Crippen LogP) is 3.09. The molecule has 0 N–H and O–H groups in total. The smallest absolute Gasteiger partial charge is 0.0594 e. The first-order chi connectivity index (χ1) is 8.05. The first-order valence-electron chi connectivity index (χ1n) is 7.05. The molecule has 1 unspecified atom stereocenters. The van der Waals surface area contributed by atoms with Crippen molar-refractivity contribution in [2.24, 2.45) is 11.3 Å². The van der Waals surface area contributed by atoms with Crippen LogP contribution >= 0.6 is 0 Å². The molecule has 1 atom stereocenters. The molecule has 1 fully saturated rings.